The Morgan fingerprint density at radius 2 is 2.00 bits per heavy atom. The number of rotatable bonds is 6. The Hall–Kier alpha value is -1.59. The molecule has 4 amide bonds. The van der Waals surface area contributed by atoms with Crippen LogP contribution in [-0.4, -0.2) is 41.4 Å². The summed E-state index contributed by atoms with van der Waals surface area (Å²) < 4.78 is 0. The third-order valence-electron chi connectivity index (χ3n) is 3.14. The summed E-state index contributed by atoms with van der Waals surface area (Å²) in [5, 5.41) is 5.36. The van der Waals surface area contributed by atoms with Crippen LogP contribution >= 0.6 is 0 Å². The second-order valence-electron chi connectivity index (χ2n) is 5.43. The minimum Gasteiger partial charge on any atom is -0.352 e. The minimum absolute atomic E-state index is 0.0414. The second kappa shape index (κ2) is 6.54. The van der Waals surface area contributed by atoms with Gasteiger partial charge in [-0.05, 0) is 25.7 Å². The van der Waals surface area contributed by atoms with Crippen molar-refractivity contribution in [2.24, 2.45) is 5.92 Å². The van der Waals surface area contributed by atoms with Gasteiger partial charge < -0.3 is 10.6 Å². The van der Waals surface area contributed by atoms with Gasteiger partial charge in [-0.25, -0.2) is 4.79 Å². The summed E-state index contributed by atoms with van der Waals surface area (Å²) in [7, 11) is 0. The Labute approximate surface area is 113 Å². The van der Waals surface area contributed by atoms with Crippen LogP contribution in [0.1, 0.15) is 40.5 Å². The number of carbonyl (C=O) groups is 3. The summed E-state index contributed by atoms with van der Waals surface area (Å²) in [6.45, 7) is 7.60. The molecule has 0 aromatic carbocycles. The molecule has 0 unspecified atom stereocenters. The maximum absolute atomic E-state index is 12.0. The number of nitrogens with one attached hydrogen (secondary N) is 2. The fraction of sp³-hybridized carbons (Fsp3) is 0.769. The number of imide groups is 1. The number of amides is 4. The molecule has 0 spiro atoms. The first kappa shape index (κ1) is 15.5. The van der Waals surface area contributed by atoms with E-state index in [2.05, 4.69) is 10.6 Å². The van der Waals surface area contributed by atoms with E-state index in [9.17, 15) is 14.4 Å². The molecule has 1 aliphatic heterocycles. The summed E-state index contributed by atoms with van der Waals surface area (Å²) in [6, 6.07) is -0.932. The number of urea groups is 1. The van der Waals surface area contributed by atoms with Crippen molar-refractivity contribution in [3.05, 3.63) is 0 Å². The van der Waals surface area contributed by atoms with Gasteiger partial charge in [0, 0.05) is 6.04 Å². The third kappa shape index (κ3) is 4.22. The minimum atomic E-state index is -0.496. The first-order chi connectivity index (χ1) is 8.85. The lowest BCUT2D eigenvalue weighted by Crippen LogP contribution is -2.43. The van der Waals surface area contributed by atoms with Gasteiger partial charge in [0.15, 0.2) is 0 Å². The van der Waals surface area contributed by atoms with E-state index in [-0.39, 0.29) is 24.4 Å². The van der Waals surface area contributed by atoms with Crippen LogP contribution < -0.4 is 10.6 Å². The average molecular weight is 269 g/mol. The molecule has 1 heterocycles. The Morgan fingerprint density at radius 1 is 1.37 bits per heavy atom. The smallest absolute Gasteiger partial charge is 0.325 e. The van der Waals surface area contributed by atoms with Gasteiger partial charge in [-0.2, -0.15) is 0 Å². The van der Waals surface area contributed by atoms with Gasteiger partial charge in [0.1, 0.15) is 12.6 Å². The molecule has 1 rings (SSSR count). The molecule has 0 aromatic heterocycles. The van der Waals surface area contributed by atoms with E-state index < -0.39 is 12.1 Å². The second-order valence-corrected chi connectivity index (χ2v) is 5.43. The molecule has 1 aliphatic rings. The highest BCUT2D eigenvalue weighted by Gasteiger charge is 2.38. The lowest BCUT2D eigenvalue weighted by molar-refractivity contribution is -0.132. The van der Waals surface area contributed by atoms with Gasteiger partial charge >= 0.3 is 6.03 Å². The summed E-state index contributed by atoms with van der Waals surface area (Å²) in [4.78, 5) is 36.4. The summed E-state index contributed by atoms with van der Waals surface area (Å²) in [5.41, 5.74) is 0. The average Bonchev–Trinajstić information content (AvgIpc) is 2.56. The van der Waals surface area contributed by atoms with Gasteiger partial charge in [-0.1, -0.05) is 20.8 Å². The zero-order valence-corrected chi connectivity index (χ0v) is 12.0. The molecule has 0 aliphatic carbocycles. The van der Waals surface area contributed by atoms with Crippen LogP contribution in [0.25, 0.3) is 0 Å². The van der Waals surface area contributed by atoms with E-state index >= 15 is 0 Å². The van der Waals surface area contributed by atoms with E-state index in [0.29, 0.717) is 12.3 Å². The van der Waals surface area contributed by atoms with Crippen LogP contribution in [0.3, 0.4) is 0 Å². The van der Waals surface area contributed by atoms with Crippen molar-refractivity contribution in [1.29, 1.82) is 0 Å². The largest absolute Gasteiger partial charge is 0.352 e. The lowest BCUT2D eigenvalue weighted by Gasteiger charge is -2.16. The molecule has 6 heteroatoms. The van der Waals surface area contributed by atoms with E-state index in [0.717, 1.165) is 11.3 Å². The maximum Gasteiger partial charge on any atom is 0.325 e. The van der Waals surface area contributed by atoms with Crippen molar-refractivity contribution >= 4 is 17.8 Å². The molecule has 2 N–H and O–H groups in total. The van der Waals surface area contributed by atoms with Crippen molar-refractivity contribution in [3.8, 4) is 0 Å². The van der Waals surface area contributed by atoms with Crippen LogP contribution in [0.2, 0.25) is 0 Å². The molecule has 0 aromatic rings. The number of hydrogen-bond acceptors (Lipinski definition) is 3. The monoisotopic (exact) mass is 269 g/mol. The van der Waals surface area contributed by atoms with E-state index in [1.165, 1.54) is 0 Å². The van der Waals surface area contributed by atoms with Gasteiger partial charge in [-0.3, -0.25) is 14.5 Å². The van der Waals surface area contributed by atoms with E-state index in [1.54, 1.807) is 0 Å². The molecular weight excluding hydrogens is 246 g/mol. The molecule has 19 heavy (non-hydrogen) atoms. The highest BCUT2D eigenvalue weighted by Crippen LogP contribution is 2.13. The Balaban J connectivity index is 2.56. The first-order valence-corrected chi connectivity index (χ1v) is 6.76. The summed E-state index contributed by atoms with van der Waals surface area (Å²) in [5.74, 6) is -0.302. The number of nitrogens with zero attached hydrogens (tertiary/aromatic N) is 1. The standard InChI is InChI=1S/C13H23N3O3/c1-5-9(4)14-11(17)7-16-12(18)10(6-8(2)3)15-13(16)19/h8-10H,5-7H2,1-4H3,(H,14,17)(H,15,19)/t9-,10+/m0/s1. The van der Waals surface area contributed by atoms with Crippen LogP contribution in [-0.2, 0) is 9.59 Å². The normalized spacial score (nSPS) is 20.7. The van der Waals surface area contributed by atoms with Crippen LogP contribution in [0.4, 0.5) is 4.79 Å². The van der Waals surface area contributed by atoms with Crippen LogP contribution in [0.5, 0.6) is 0 Å². The summed E-state index contributed by atoms with van der Waals surface area (Å²) >= 11 is 0. The van der Waals surface area contributed by atoms with E-state index in [1.807, 2.05) is 27.7 Å². The Kier molecular flexibility index (Phi) is 5.32. The molecule has 108 valence electrons. The van der Waals surface area contributed by atoms with Crippen LogP contribution in [0, 0.1) is 5.92 Å². The predicted octanol–water partition coefficient (Wildman–Crippen LogP) is 0.868. The first-order valence-electron chi connectivity index (χ1n) is 6.76. The summed E-state index contributed by atoms with van der Waals surface area (Å²) in [6.07, 6.45) is 1.40. The zero-order valence-electron chi connectivity index (χ0n) is 12.0. The Morgan fingerprint density at radius 3 is 2.53 bits per heavy atom. The molecule has 1 saturated heterocycles. The molecular formula is C13H23N3O3. The quantitative estimate of drug-likeness (QED) is 0.702. The van der Waals surface area contributed by atoms with Gasteiger partial charge in [0.2, 0.25) is 5.91 Å². The van der Waals surface area contributed by atoms with E-state index in [4.69, 9.17) is 0 Å². The molecule has 0 radical (unpaired) electrons. The Bertz CT molecular complexity index is 368. The fourth-order valence-corrected chi connectivity index (χ4v) is 1.92. The molecule has 0 saturated carbocycles. The highest BCUT2D eigenvalue weighted by molar-refractivity contribution is 6.06. The number of hydrogen-bond donors (Lipinski definition) is 2. The number of carbonyl (C=O) groups excluding carboxylic acids is 3. The maximum atomic E-state index is 12.0. The SMILES string of the molecule is CC[C@H](C)NC(=O)CN1C(=O)N[C@H](CC(C)C)C1=O. The van der Waals surface area contributed by atoms with Crippen molar-refractivity contribution in [2.45, 2.75) is 52.6 Å². The van der Waals surface area contributed by atoms with Gasteiger partial charge in [0.25, 0.3) is 5.91 Å². The molecule has 2 atom stereocenters. The van der Waals surface area contributed by atoms with Crippen molar-refractivity contribution in [3.63, 3.8) is 0 Å². The van der Waals surface area contributed by atoms with Crippen molar-refractivity contribution in [1.82, 2.24) is 15.5 Å². The van der Waals surface area contributed by atoms with Crippen molar-refractivity contribution in [2.75, 3.05) is 6.54 Å². The van der Waals surface area contributed by atoms with Gasteiger partial charge in [-0.15, -0.1) is 0 Å². The van der Waals surface area contributed by atoms with Gasteiger partial charge in [0.05, 0.1) is 0 Å². The molecule has 1 fully saturated rings. The van der Waals surface area contributed by atoms with Crippen LogP contribution in [0.15, 0.2) is 0 Å². The topological polar surface area (TPSA) is 78.5 Å². The molecule has 6 nitrogen and oxygen atoms in total. The zero-order chi connectivity index (χ0) is 14.6. The predicted molar refractivity (Wildman–Crippen MR) is 71.4 cm³/mol. The fourth-order valence-electron chi connectivity index (χ4n) is 1.92. The molecule has 0 bridgehead atoms. The van der Waals surface area contributed by atoms with Crippen molar-refractivity contribution < 1.29 is 14.4 Å². The third-order valence-corrected chi connectivity index (χ3v) is 3.14. The highest BCUT2D eigenvalue weighted by atomic mass is 16.2. The lowest BCUT2D eigenvalue weighted by atomic mass is 10.0.